The van der Waals surface area contributed by atoms with Gasteiger partial charge >= 0.3 is 0 Å². The van der Waals surface area contributed by atoms with Crippen LogP contribution < -0.4 is 11.1 Å². The second kappa shape index (κ2) is 2.86. The Morgan fingerprint density at radius 2 is 2.40 bits per heavy atom. The van der Waals surface area contributed by atoms with Crippen molar-refractivity contribution in [1.29, 1.82) is 0 Å². The molecular weight excluding hydrogens is 128 g/mol. The molecule has 1 aliphatic heterocycles. The van der Waals surface area contributed by atoms with Gasteiger partial charge in [0.25, 0.3) is 0 Å². The van der Waals surface area contributed by atoms with E-state index in [1.807, 2.05) is 0 Å². The molecule has 0 aliphatic carbocycles. The highest BCUT2D eigenvalue weighted by Crippen LogP contribution is 2.13. The van der Waals surface area contributed by atoms with Gasteiger partial charge in [-0.15, -0.1) is 0 Å². The van der Waals surface area contributed by atoms with Gasteiger partial charge in [-0.2, -0.15) is 0 Å². The van der Waals surface area contributed by atoms with Crippen LogP contribution in [0.2, 0.25) is 0 Å². The third-order valence-corrected chi connectivity index (χ3v) is 1.67. The monoisotopic (exact) mass is 144 g/mol. The highest BCUT2D eigenvalue weighted by atomic mass is 16.5. The van der Waals surface area contributed by atoms with E-state index in [1.54, 1.807) is 0 Å². The molecule has 1 heterocycles. The molecule has 1 fully saturated rings. The quantitative estimate of drug-likeness (QED) is 0.532. The summed E-state index contributed by atoms with van der Waals surface area (Å²) in [6, 6.07) is 0. The first-order valence-corrected chi connectivity index (χ1v) is 3.73. The Balaban J connectivity index is 2.40. The normalized spacial score (nSPS) is 32.1. The maximum atomic E-state index is 5.64. The van der Waals surface area contributed by atoms with Gasteiger partial charge in [0, 0.05) is 19.6 Å². The Morgan fingerprint density at radius 3 is 2.80 bits per heavy atom. The van der Waals surface area contributed by atoms with Gasteiger partial charge in [0.15, 0.2) is 0 Å². The minimum absolute atomic E-state index is 0.0394. The van der Waals surface area contributed by atoms with E-state index in [-0.39, 0.29) is 11.7 Å². The highest BCUT2D eigenvalue weighted by molar-refractivity contribution is 4.81. The minimum atomic E-state index is -0.0394. The Bertz CT molecular complexity index is 114. The molecule has 3 N–H and O–H groups in total. The standard InChI is InChI=1S/C7H16N2O/c1-7(2)5-9-4-6(3-8)10-7/h6,9H,3-5,8H2,1-2H3. The van der Waals surface area contributed by atoms with Gasteiger partial charge in [-0.1, -0.05) is 0 Å². The fourth-order valence-electron chi connectivity index (χ4n) is 1.20. The molecule has 0 aromatic carbocycles. The van der Waals surface area contributed by atoms with Crippen LogP contribution in [0, 0.1) is 0 Å². The Labute approximate surface area is 61.9 Å². The van der Waals surface area contributed by atoms with Gasteiger partial charge in [0.05, 0.1) is 11.7 Å². The molecule has 1 unspecified atom stereocenters. The predicted molar refractivity (Wildman–Crippen MR) is 40.9 cm³/mol. The molecule has 0 bridgehead atoms. The molecule has 1 atom stereocenters. The lowest BCUT2D eigenvalue weighted by molar-refractivity contribution is -0.0890. The average Bonchev–Trinajstić information content (AvgIpc) is 1.86. The van der Waals surface area contributed by atoms with Crippen LogP contribution in [0.15, 0.2) is 0 Å². The smallest absolute Gasteiger partial charge is 0.0829 e. The van der Waals surface area contributed by atoms with E-state index < -0.39 is 0 Å². The Morgan fingerprint density at radius 1 is 1.70 bits per heavy atom. The Kier molecular flexibility index (Phi) is 2.28. The average molecular weight is 144 g/mol. The molecule has 0 saturated carbocycles. The minimum Gasteiger partial charge on any atom is -0.368 e. The van der Waals surface area contributed by atoms with Crippen molar-refractivity contribution >= 4 is 0 Å². The van der Waals surface area contributed by atoms with Crippen molar-refractivity contribution in [1.82, 2.24) is 5.32 Å². The number of morpholine rings is 1. The molecule has 10 heavy (non-hydrogen) atoms. The first kappa shape index (κ1) is 7.98. The van der Waals surface area contributed by atoms with Crippen LogP contribution >= 0.6 is 0 Å². The van der Waals surface area contributed by atoms with Crippen molar-refractivity contribution in [3.05, 3.63) is 0 Å². The topological polar surface area (TPSA) is 47.3 Å². The van der Waals surface area contributed by atoms with Gasteiger partial charge in [-0.05, 0) is 13.8 Å². The molecule has 0 spiro atoms. The van der Waals surface area contributed by atoms with E-state index in [2.05, 4.69) is 19.2 Å². The summed E-state index contributed by atoms with van der Waals surface area (Å²) in [5.74, 6) is 0. The van der Waals surface area contributed by atoms with E-state index in [0.29, 0.717) is 6.54 Å². The van der Waals surface area contributed by atoms with E-state index in [0.717, 1.165) is 13.1 Å². The summed E-state index contributed by atoms with van der Waals surface area (Å²) in [5, 5.41) is 3.27. The number of nitrogens with one attached hydrogen (secondary N) is 1. The van der Waals surface area contributed by atoms with Crippen molar-refractivity contribution in [2.24, 2.45) is 5.73 Å². The summed E-state index contributed by atoms with van der Waals surface area (Å²) < 4.78 is 5.64. The second-order valence-corrected chi connectivity index (χ2v) is 3.37. The predicted octanol–water partition coefficient (Wildman–Crippen LogP) is -0.288. The molecule has 0 amide bonds. The number of hydrogen-bond acceptors (Lipinski definition) is 3. The molecule has 0 radical (unpaired) electrons. The third kappa shape index (κ3) is 1.94. The molecule has 0 aromatic rings. The largest absolute Gasteiger partial charge is 0.368 e. The molecule has 1 aliphatic rings. The van der Waals surface area contributed by atoms with Crippen LogP contribution in [-0.2, 0) is 4.74 Å². The lowest BCUT2D eigenvalue weighted by Crippen LogP contribution is -2.52. The fourth-order valence-corrected chi connectivity index (χ4v) is 1.20. The summed E-state index contributed by atoms with van der Waals surface area (Å²) in [4.78, 5) is 0. The van der Waals surface area contributed by atoms with Crippen molar-refractivity contribution in [3.63, 3.8) is 0 Å². The summed E-state index contributed by atoms with van der Waals surface area (Å²) in [6.45, 7) is 6.56. The zero-order valence-corrected chi connectivity index (χ0v) is 6.68. The summed E-state index contributed by atoms with van der Waals surface area (Å²) in [5.41, 5.74) is 5.42. The first-order valence-electron chi connectivity index (χ1n) is 3.73. The molecule has 0 aromatic heterocycles. The lowest BCUT2D eigenvalue weighted by atomic mass is 10.1. The van der Waals surface area contributed by atoms with Crippen molar-refractivity contribution in [2.45, 2.75) is 25.6 Å². The fraction of sp³-hybridized carbons (Fsp3) is 1.00. The summed E-state index contributed by atoms with van der Waals surface area (Å²) in [7, 11) is 0. The van der Waals surface area contributed by atoms with E-state index in [1.165, 1.54) is 0 Å². The maximum Gasteiger partial charge on any atom is 0.0829 e. The molecule has 60 valence electrons. The second-order valence-electron chi connectivity index (χ2n) is 3.37. The molecule has 3 heteroatoms. The van der Waals surface area contributed by atoms with Gasteiger partial charge in [-0.25, -0.2) is 0 Å². The first-order chi connectivity index (χ1) is 4.64. The molecule has 3 nitrogen and oxygen atoms in total. The molecule has 1 saturated heterocycles. The number of ether oxygens (including phenoxy) is 1. The number of rotatable bonds is 1. The summed E-state index contributed by atoms with van der Waals surface area (Å²) >= 11 is 0. The van der Waals surface area contributed by atoms with E-state index >= 15 is 0 Å². The third-order valence-electron chi connectivity index (χ3n) is 1.67. The summed E-state index contributed by atoms with van der Waals surface area (Å²) in [6.07, 6.45) is 0.198. The van der Waals surface area contributed by atoms with Gasteiger partial charge in [-0.3, -0.25) is 0 Å². The SMILES string of the molecule is CC1(C)CNCC(CN)O1. The van der Waals surface area contributed by atoms with E-state index in [4.69, 9.17) is 10.5 Å². The Hall–Kier alpha value is -0.120. The lowest BCUT2D eigenvalue weighted by Gasteiger charge is -2.36. The van der Waals surface area contributed by atoms with Crippen LogP contribution in [0.4, 0.5) is 0 Å². The number of nitrogens with two attached hydrogens (primary N) is 1. The maximum absolute atomic E-state index is 5.64. The zero-order valence-electron chi connectivity index (χ0n) is 6.68. The molecule has 1 rings (SSSR count). The van der Waals surface area contributed by atoms with Crippen LogP contribution in [-0.4, -0.2) is 31.3 Å². The van der Waals surface area contributed by atoms with Gasteiger partial charge < -0.3 is 15.8 Å². The van der Waals surface area contributed by atoms with Crippen LogP contribution in [0.5, 0.6) is 0 Å². The van der Waals surface area contributed by atoms with Crippen molar-refractivity contribution < 1.29 is 4.74 Å². The van der Waals surface area contributed by atoms with Crippen molar-refractivity contribution in [3.8, 4) is 0 Å². The van der Waals surface area contributed by atoms with Crippen LogP contribution in [0.1, 0.15) is 13.8 Å². The zero-order chi connectivity index (χ0) is 7.61. The number of hydrogen-bond donors (Lipinski definition) is 2. The van der Waals surface area contributed by atoms with Crippen LogP contribution in [0.25, 0.3) is 0 Å². The van der Waals surface area contributed by atoms with Crippen LogP contribution in [0.3, 0.4) is 0 Å². The van der Waals surface area contributed by atoms with E-state index in [9.17, 15) is 0 Å². The van der Waals surface area contributed by atoms with Crippen molar-refractivity contribution in [2.75, 3.05) is 19.6 Å². The highest BCUT2D eigenvalue weighted by Gasteiger charge is 2.26. The molecular formula is C7H16N2O. The van der Waals surface area contributed by atoms with Gasteiger partial charge in [0.2, 0.25) is 0 Å². The van der Waals surface area contributed by atoms with Gasteiger partial charge in [0.1, 0.15) is 0 Å².